The predicted molar refractivity (Wildman–Crippen MR) is 64.3 cm³/mol. The van der Waals surface area contributed by atoms with Gasteiger partial charge in [-0.3, -0.25) is 9.59 Å². The molecule has 0 aromatic heterocycles. The molecule has 0 spiro atoms. The first-order valence-corrected chi connectivity index (χ1v) is 5.84. The number of aliphatic hydroxyl groups is 1. The Morgan fingerprint density at radius 1 is 1.18 bits per heavy atom. The van der Waals surface area contributed by atoms with Crippen LogP contribution in [-0.4, -0.2) is 48.2 Å². The fourth-order valence-corrected chi connectivity index (χ4v) is 1.54. The summed E-state index contributed by atoms with van der Waals surface area (Å²) in [6.07, 6.45) is -0.609. The summed E-state index contributed by atoms with van der Waals surface area (Å²) in [6, 6.07) is 0. The minimum atomic E-state index is -0.609. The number of ether oxygens (including phenoxy) is 1. The van der Waals surface area contributed by atoms with Crippen LogP contribution in [0.3, 0.4) is 0 Å². The van der Waals surface area contributed by atoms with Crippen molar-refractivity contribution in [2.45, 2.75) is 33.8 Å². The van der Waals surface area contributed by atoms with Crippen molar-refractivity contribution >= 4 is 11.9 Å². The van der Waals surface area contributed by atoms with E-state index >= 15 is 0 Å². The minimum Gasteiger partial charge on any atom is -0.469 e. The molecule has 2 unspecified atom stereocenters. The molecule has 0 aliphatic heterocycles. The summed E-state index contributed by atoms with van der Waals surface area (Å²) in [6.45, 7) is 7.41. The third-order valence-corrected chi connectivity index (χ3v) is 2.39. The van der Waals surface area contributed by atoms with Crippen LogP contribution in [0.4, 0.5) is 0 Å². The molecule has 1 N–H and O–H groups in total. The number of aliphatic hydroxyl groups excluding tert-OH is 1. The first-order chi connectivity index (χ1) is 7.79. The maximum Gasteiger partial charge on any atom is 0.310 e. The van der Waals surface area contributed by atoms with Gasteiger partial charge in [-0.05, 0) is 6.92 Å². The lowest BCUT2D eigenvalue weighted by Gasteiger charge is -2.27. The Morgan fingerprint density at radius 3 is 2.06 bits per heavy atom. The molecule has 0 aliphatic carbocycles. The lowest BCUT2D eigenvalue weighted by molar-refractivity contribution is -0.147. The minimum absolute atomic E-state index is 0.0679. The van der Waals surface area contributed by atoms with E-state index in [9.17, 15) is 14.7 Å². The van der Waals surface area contributed by atoms with Gasteiger partial charge in [0.05, 0.1) is 19.1 Å². The maximum absolute atomic E-state index is 11.9. The third-order valence-electron chi connectivity index (χ3n) is 2.39. The molecule has 0 fully saturated rings. The fourth-order valence-electron chi connectivity index (χ4n) is 1.54. The van der Waals surface area contributed by atoms with Crippen LogP contribution in [0.25, 0.3) is 0 Å². The van der Waals surface area contributed by atoms with Crippen LogP contribution < -0.4 is 0 Å². The van der Waals surface area contributed by atoms with Gasteiger partial charge >= 0.3 is 5.97 Å². The van der Waals surface area contributed by atoms with Gasteiger partial charge in [0, 0.05) is 19.0 Å². The standard InChI is InChI=1S/C12H23NO4/c1-8(2)11(15)13(7-10(4)14)6-9(3)12(16)17-5/h8-10,14H,6-7H2,1-5H3. The van der Waals surface area contributed by atoms with E-state index in [0.29, 0.717) is 0 Å². The molecule has 0 aromatic rings. The van der Waals surface area contributed by atoms with Crippen molar-refractivity contribution in [3.8, 4) is 0 Å². The maximum atomic E-state index is 11.9. The first-order valence-electron chi connectivity index (χ1n) is 5.84. The zero-order valence-corrected chi connectivity index (χ0v) is 11.3. The summed E-state index contributed by atoms with van der Waals surface area (Å²) in [5.74, 6) is -0.959. The molecule has 0 saturated heterocycles. The number of nitrogens with zero attached hydrogens (tertiary/aromatic N) is 1. The van der Waals surface area contributed by atoms with Crippen molar-refractivity contribution in [2.75, 3.05) is 20.2 Å². The SMILES string of the molecule is COC(=O)C(C)CN(CC(C)O)C(=O)C(C)C. The molecule has 2 atom stereocenters. The molecule has 0 saturated carbocycles. The second kappa shape index (κ2) is 7.27. The average molecular weight is 245 g/mol. The predicted octanol–water partition coefficient (Wildman–Crippen LogP) is 0.661. The van der Waals surface area contributed by atoms with E-state index in [0.717, 1.165) is 0 Å². The highest BCUT2D eigenvalue weighted by Gasteiger charge is 2.23. The van der Waals surface area contributed by atoms with Crippen molar-refractivity contribution in [1.29, 1.82) is 0 Å². The summed E-state index contributed by atoms with van der Waals surface area (Å²) in [4.78, 5) is 24.7. The fraction of sp³-hybridized carbons (Fsp3) is 0.833. The molecule has 17 heavy (non-hydrogen) atoms. The topological polar surface area (TPSA) is 66.8 Å². The molecule has 5 nitrogen and oxygen atoms in total. The van der Waals surface area contributed by atoms with Gasteiger partial charge in [0.25, 0.3) is 0 Å². The van der Waals surface area contributed by atoms with Crippen LogP contribution in [0, 0.1) is 11.8 Å². The summed E-state index contributed by atoms with van der Waals surface area (Å²) >= 11 is 0. The van der Waals surface area contributed by atoms with Crippen molar-refractivity contribution in [2.24, 2.45) is 11.8 Å². The number of methoxy groups -OCH3 is 1. The lowest BCUT2D eigenvalue weighted by atomic mass is 10.1. The number of esters is 1. The third kappa shape index (κ3) is 5.68. The van der Waals surface area contributed by atoms with E-state index in [4.69, 9.17) is 0 Å². The second-order valence-electron chi connectivity index (χ2n) is 4.67. The van der Waals surface area contributed by atoms with Gasteiger partial charge in [-0.2, -0.15) is 0 Å². The Labute approximate surface area is 103 Å². The summed E-state index contributed by atoms with van der Waals surface area (Å²) in [5, 5.41) is 9.35. The van der Waals surface area contributed by atoms with Gasteiger partial charge in [0.1, 0.15) is 0 Å². The van der Waals surface area contributed by atoms with Gasteiger partial charge in [-0.25, -0.2) is 0 Å². The van der Waals surface area contributed by atoms with Gasteiger partial charge in [0.2, 0.25) is 5.91 Å². The Kier molecular flexibility index (Phi) is 6.80. The Bertz CT molecular complexity index is 263. The monoisotopic (exact) mass is 245 g/mol. The van der Waals surface area contributed by atoms with E-state index in [1.165, 1.54) is 12.0 Å². The zero-order valence-electron chi connectivity index (χ0n) is 11.3. The quantitative estimate of drug-likeness (QED) is 0.698. The van der Waals surface area contributed by atoms with Crippen molar-refractivity contribution in [3.63, 3.8) is 0 Å². The molecule has 0 heterocycles. The largest absolute Gasteiger partial charge is 0.469 e. The van der Waals surface area contributed by atoms with Gasteiger partial charge in [-0.1, -0.05) is 20.8 Å². The van der Waals surface area contributed by atoms with Crippen LogP contribution >= 0.6 is 0 Å². The van der Waals surface area contributed by atoms with Gasteiger partial charge < -0.3 is 14.7 Å². The van der Waals surface area contributed by atoms with Crippen molar-refractivity contribution in [3.05, 3.63) is 0 Å². The summed E-state index contributed by atoms with van der Waals surface area (Å²) < 4.78 is 4.62. The van der Waals surface area contributed by atoms with E-state index < -0.39 is 6.10 Å². The van der Waals surface area contributed by atoms with E-state index in [2.05, 4.69) is 4.74 Å². The highest BCUT2D eigenvalue weighted by Crippen LogP contribution is 2.08. The second-order valence-corrected chi connectivity index (χ2v) is 4.67. The van der Waals surface area contributed by atoms with Gasteiger partial charge in [0.15, 0.2) is 0 Å². The van der Waals surface area contributed by atoms with Crippen LogP contribution in [-0.2, 0) is 14.3 Å². The molecule has 0 rings (SSSR count). The molecule has 0 aromatic carbocycles. The number of carbonyl (C=O) groups excluding carboxylic acids is 2. The zero-order chi connectivity index (χ0) is 13.6. The Balaban J connectivity index is 4.59. The Hall–Kier alpha value is -1.10. The number of hydrogen-bond donors (Lipinski definition) is 1. The van der Waals surface area contributed by atoms with Gasteiger partial charge in [-0.15, -0.1) is 0 Å². The average Bonchev–Trinajstić information content (AvgIpc) is 2.24. The highest BCUT2D eigenvalue weighted by atomic mass is 16.5. The number of rotatable bonds is 6. The molecule has 0 aliphatic rings. The molecule has 1 amide bonds. The number of hydrogen-bond acceptors (Lipinski definition) is 4. The molecule has 0 radical (unpaired) electrons. The van der Waals surface area contributed by atoms with Crippen molar-refractivity contribution < 1.29 is 19.4 Å². The highest BCUT2D eigenvalue weighted by molar-refractivity contribution is 5.79. The molecular weight excluding hydrogens is 222 g/mol. The van der Waals surface area contributed by atoms with E-state index in [1.54, 1.807) is 27.7 Å². The smallest absolute Gasteiger partial charge is 0.310 e. The normalized spacial score (nSPS) is 14.3. The van der Waals surface area contributed by atoms with Crippen LogP contribution in [0.1, 0.15) is 27.7 Å². The summed E-state index contributed by atoms with van der Waals surface area (Å²) in [5.41, 5.74) is 0. The molecular formula is C12H23NO4. The lowest BCUT2D eigenvalue weighted by Crippen LogP contribution is -2.43. The number of amides is 1. The molecule has 100 valence electrons. The Morgan fingerprint density at radius 2 is 1.71 bits per heavy atom. The van der Waals surface area contributed by atoms with E-state index in [1.807, 2.05) is 0 Å². The van der Waals surface area contributed by atoms with Crippen LogP contribution in [0.2, 0.25) is 0 Å². The van der Waals surface area contributed by atoms with Crippen LogP contribution in [0.5, 0.6) is 0 Å². The van der Waals surface area contributed by atoms with E-state index in [-0.39, 0.29) is 36.8 Å². The molecule has 5 heteroatoms. The first kappa shape index (κ1) is 15.9. The summed E-state index contributed by atoms with van der Waals surface area (Å²) in [7, 11) is 1.32. The molecule has 0 bridgehead atoms. The van der Waals surface area contributed by atoms with Crippen LogP contribution in [0.15, 0.2) is 0 Å². The number of carbonyl (C=O) groups is 2. The van der Waals surface area contributed by atoms with Crippen molar-refractivity contribution in [1.82, 2.24) is 4.90 Å².